The van der Waals surface area contributed by atoms with E-state index in [-0.39, 0.29) is 0 Å². The Kier molecular flexibility index (Phi) is 13.2. The van der Waals surface area contributed by atoms with Crippen LogP contribution in [0.25, 0.3) is 146 Å². The summed E-state index contributed by atoms with van der Waals surface area (Å²) < 4.78 is 0. The van der Waals surface area contributed by atoms with Crippen molar-refractivity contribution in [2.24, 2.45) is 0 Å². The molecule has 0 aliphatic carbocycles. The highest BCUT2D eigenvalue weighted by Gasteiger charge is 2.17. The fourth-order valence-corrected chi connectivity index (χ4v) is 10.8. The lowest BCUT2D eigenvalue weighted by Gasteiger charge is -2.12. The molecule has 14 aromatic rings. The van der Waals surface area contributed by atoms with Gasteiger partial charge in [0.05, 0.1) is 23.3 Å². The van der Waals surface area contributed by atoms with E-state index in [2.05, 4.69) is 146 Å². The van der Waals surface area contributed by atoms with Crippen molar-refractivity contribution in [1.82, 2.24) is 29.9 Å². The molecular formula is C76H46N8. The van der Waals surface area contributed by atoms with Crippen LogP contribution in [0.1, 0.15) is 11.1 Å². The van der Waals surface area contributed by atoms with Gasteiger partial charge in [0.25, 0.3) is 0 Å². The molecule has 8 nitrogen and oxygen atoms in total. The maximum Gasteiger partial charge on any atom is 0.164 e. The Morgan fingerprint density at radius 3 is 0.952 bits per heavy atom. The van der Waals surface area contributed by atoms with Crippen LogP contribution < -0.4 is 0 Å². The van der Waals surface area contributed by atoms with Crippen molar-refractivity contribution in [1.29, 1.82) is 10.5 Å². The maximum atomic E-state index is 10.7. The molecule has 2 aromatic heterocycles. The number of aromatic nitrogens is 6. The number of hydrogen-bond donors (Lipinski definition) is 0. The summed E-state index contributed by atoms with van der Waals surface area (Å²) in [4.78, 5) is 29.9. The summed E-state index contributed by atoms with van der Waals surface area (Å²) in [5.74, 6) is 3.48. The minimum Gasteiger partial charge on any atom is -0.208 e. The predicted octanol–water partition coefficient (Wildman–Crippen LogP) is 18.4. The fourth-order valence-electron chi connectivity index (χ4n) is 10.8. The Morgan fingerprint density at radius 2 is 0.488 bits per heavy atom. The lowest BCUT2D eigenvalue weighted by atomic mass is 9.93. The molecule has 0 fully saturated rings. The van der Waals surface area contributed by atoms with Crippen LogP contribution in [0.15, 0.2) is 279 Å². The summed E-state index contributed by atoms with van der Waals surface area (Å²) in [5.41, 5.74) is 16.3. The zero-order chi connectivity index (χ0) is 56.3. The Hall–Kier alpha value is -11.8. The molecule has 0 amide bonds. The van der Waals surface area contributed by atoms with Gasteiger partial charge in [0.1, 0.15) is 0 Å². The number of fused-ring (bicyclic) bond motifs is 2. The molecule has 0 unspecified atom stereocenters. The highest BCUT2D eigenvalue weighted by Crippen LogP contribution is 2.37. The summed E-state index contributed by atoms with van der Waals surface area (Å²) in [6.45, 7) is 0. The van der Waals surface area contributed by atoms with E-state index in [9.17, 15) is 10.5 Å². The van der Waals surface area contributed by atoms with Crippen molar-refractivity contribution in [2.45, 2.75) is 0 Å². The highest BCUT2D eigenvalue weighted by atomic mass is 15.0. The van der Waals surface area contributed by atoms with Gasteiger partial charge < -0.3 is 0 Å². The minimum atomic E-state index is 0.521. The largest absolute Gasteiger partial charge is 0.208 e. The molecule has 0 aliphatic rings. The third-order valence-electron chi connectivity index (χ3n) is 15.3. The van der Waals surface area contributed by atoms with Crippen LogP contribution in [0, 0.1) is 22.7 Å². The summed E-state index contributed by atoms with van der Waals surface area (Å²) in [6.07, 6.45) is 0. The number of benzene rings is 12. The SMILES string of the molecule is N#Cc1ccccc1-c1ccc2ccc(-c3ccc(-c4nc(-c5ccccc5)nc(-c5cccc(-c6ccc(-c7ccc8ccc(-c9ccc(-c%10nc(-c%11ccccc%11)nc(-c%11ccccc%11)n%10)cc9)cc8c7)cc6C#N)c5)n4)cc3)cc2c1. The Labute approximate surface area is 485 Å². The Bertz CT molecular complexity index is 4840. The molecule has 0 saturated carbocycles. The lowest BCUT2D eigenvalue weighted by molar-refractivity contribution is 1.07. The predicted molar refractivity (Wildman–Crippen MR) is 337 cm³/mol. The molecule has 0 saturated heterocycles. The van der Waals surface area contributed by atoms with Crippen molar-refractivity contribution in [2.75, 3.05) is 0 Å². The second-order valence-electron chi connectivity index (χ2n) is 20.5. The van der Waals surface area contributed by atoms with E-state index < -0.39 is 0 Å². The van der Waals surface area contributed by atoms with E-state index in [1.807, 2.05) is 146 Å². The molecule has 0 spiro atoms. The van der Waals surface area contributed by atoms with Crippen LogP contribution in [-0.2, 0) is 0 Å². The maximum absolute atomic E-state index is 10.7. The Morgan fingerprint density at radius 1 is 0.190 bits per heavy atom. The first-order valence-corrected chi connectivity index (χ1v) is 27.6. The van der Waals surface area contributed by atoms with Gasteiger partial charge in [-0.15, -0.1) is 0 Å². The van der Waals surface area contributed by atoms with Gasteiger partial charge in [-0.25, -0.2) is 29.9 Å². The van der Waals surface area contributed by atoms with Gasteiger partial charge in [-0.05, 0) is 120 Å². The van der Waals surface area contributed by atoms with Crippen LogP contribution in [0.3, 0.4) is 0 Å². The molecule has 0 aliphatic heterocycles. The van der Waals surface area contributed by atoms with Crippen LogP contribution in [0.2, 0.25) is 0 Å². The number of hydrogen-bond acceptors (Lipinski definition) is 8. The van der Waals surface area contributed by atoms with Crippen molar-refractivity contribution in [3.05, 3.63) is 290 Å². The van der Waals surface area contributed by atoms with E-state index in [1.165, 1.54) is 0 Å². The first kappa shape index (κ1) is 50.4. The summed E-state index contributed by atoms with van der Waals surface area (Å²) in [6, 6.07) is 99.1. The fraction of sp³-hybridized carbons (Fsp3) is 0. The quantitative estimate of drug-likeness (QED) is 0.125. The van der Waals surface area contributed by atoms with Gasteiger partial charge in [0.2, 0.25) is 0 Å². The molecule has 0 atom stereocenters. The molecule has 390 valence electrons. The number of rotatable bonds is 11. The first-order valence-electron chi connectivity index (χ1n) is 27.6. The molecule has 14 rings (SSSR count). The lowest BCUT2D eigenvalue weighted by Crippen LogP contribution is -2.00. The molecule has 0 N–H and O–H groups in total. The van der Waals surface area contributed by atoms with Gasteiger partial charge in [-0.2, -0.15) is 10.5 Å². The normalized spacial score (nSPS) is 11.1. The van der Waals surface area contributed by atoms with Gasteiger partial charge >= 0.3 is 0 Å². The van der Waals surface area contributed by atoms with Crippen LogP contribution in [0.4, 0.5) is 0 Å². The highest BCUT2D eigenvalue weighted by molar-refractivity contribution is 5.93. The van der Waals surface area contributed by atoms with Crippen molar-refractivity contribution in [3.63, 3.8) is 0 Å². The third-order valence-corrected chi connectivity index (χ3v) is 15.3. The first-order chi connectivity index (χ1) is 41.5. The molecular weight excluding hydrogens is 1020 g/mol. The molecule has 0 radical (unpaired) electrons. The van der Waals surface area contributed by atoms with E-state index >= 15 is 0 Å². The monoisotopic (exact) mass is 1070 g/mol. The van der Waals surface area contributed by atoms with Crippen molar-refractivity contribution in [3.8, 4) is 136 Å². The van der Waals surface area contributed by atoms with Gasteiger partial charge in [0, 0.05) is 33.4 Å². The van der Waals surface area contributed by atoms with Gasteiger partial charge in [-0.1, -0.05) is 237 Å². The van der Waals surface area contributed by atoms with E-state index in [1.54, 1.807) is 0 Å². The van der Waals surface area contributed by atoms with Crippen LogP contribution in [-0.4, -0.2) is 29.9 Å². The van der Waals surface area contributed by atoms with Crippen LogP contribution in [0.5, 0.6) is 0 Å². The average Bonchev–Trinajstić information content (AvgIpc) is 3.72. The summed E-state index contributed by atoms with van der Waals surface area (Å²) in [7, 11) is 0. The van der Waals surface area contributed by atoms with Gasteiger partial charge in [0.15, 0.2) is 34.9 Å². The van der Waals surface area contributed by atoms with Crippen molar-refractivity contribution >= 4 is 21.5 Å². The molecule has 8 heteroatoms. The number of nitriles is 2. The standard InChI is InChI=1S/C76H46N8/c77-47-65-19-10-11-22-69(65)63-38-30-52-28-36-59(42-67(52)46-63)50-25-33-57(34-26-50)75-82-73(55-17-8-3-9-18-55)83-76(84-75)64-21-12-20-62(45-64)70-40-39-61(44-68(70)48-78)60-37-29-51-27-35-58(41-66(51)43-60)49-23-31-56(32-24-49)74-80-71(53-13-4-1-5-14-53)79-72(81-74)54-15-6-2-7-16-54/h1-46H. The van der Waals surface area contributed by atoms with Crippen molar-refractivity contribution < 1.29 is 0 Å². The second-order valence-corrected chi connectivity index (χ2v) is 20.5. The van der Waals surface area contributed by atoms with E-state index in [0.29, 0.717) is 46.1 Å². The molecule has 12 aromatic carbocycles. The zero-order valence-electron chi connectivity index (χ0n) is 45.1. The third kappa shape index (κ3) is 10.1. The number of nitrogens with zero attached hydrogens (tertiary/aromatic N) is 8. The topological polar surface area (TPSA) is 125 Å². The van der Waals surface area contributed by atoms with E-state index in [0.717, 1.165) is 111 Å². The zero-order valence-corrected chi connectivity index (χ0v) is 45.1. The smallest absolute Gasteiger partial charge is 0.164 e. The second kappa shape index (κ2) is 22.0. The van der Waals surface area contributed by atoms with E-state index in [4.69, 9.17) is 29.9 Å². The molecule has 84 heavy (non-hydrogen) atoms. The summed E-state index contributed by atoms with van der Waals surface area (Å²) in [5, 5.41) is 24.9. The average molecular weight is 1070 g/mol. The minimum absolute atomic E-state index is 0.521. The van der Waals surface area contributed by atoms with Gasteiger partial charge in [-0.3, -0.25) is 0 Å². The molecule has 2 heterocycles. The van der Waals surface area contributed by atoms with Crippen LogP contribution >= 0.6 is 0 Å². The Balaban J connectivity index is 0.738. The summed E-state index contributed by atoms with van der Waals surface area (Å²) >= 11 is 0. The molecule has 0 bridgehead atoms.